The molecular formula is C9H8N2O3. The van der Waals surface area contributed by atoms with Gasteiger partial charge in [-0.15, -0.1) is 0 Å². The maximum absolute atomic E-state index is 10.7. The lowest BCUT2D eigenvalue weighted by molar-refractivity contribution is -0.427. The van der Waals surface area contributed by atoms with Gasteiger partial charge in [0.05, 0.1) is 24.0 Å². The molecule has 72 valence electrons. The van der Waals surface area contributed by atoms with Crippen LogP contribution in [0.2, 0.25) is 0 Å². The van der Waals surface area contributed by atoms with Crippen LogP contribution in [0.15, 0.2) is 40.4 Å². The molecule has 0 atom stereocenters. The predicted molar refractivity (Wildman–Crippen MR) is 50.3 cm³/mol. The Hall–Kier alpha value is -1.91. The van der Waals surface area contributed by atoms with Crippen LogP contribution in [0.4, 0.5) is 0 Å². The van der Waals surface area contributed by atoms with E-state index < -0.39 is 0 Å². The molecule has 0 spiro atoms. The number of allylic oxidation sites excluding steroid dienone is 3. The van der Waals surface area contributed by atoms with Crippen molar-refractivity contribution in [3.63, 3.8) is 0 Å². The molecule has 0 aromatic heterocycles. The summed E-state index contributed by atoms with van der Waals surface area (Å²) < 4.78 is 5.07. The van der Waals surface area contributed by atoms with Crippen molar-refractivity contribution in [1.82, 2.24) is 0 Å². The molecule has 1 aliphatic heterocycles. The maximum atomic E-state index is 10.7. The van der Waals surface area contributed by atoms with Crippen LogP contribution in [0.1, 0.15) is 6.42 Å². The van der Waals surface area contributed by atoms with Crippen molar-refractivity contribution in [3.05, 3.63) is 45.5 Å². The van der Waals surface area contributed by atoms with E-state index in [4.69, 9.17) is 4.74 Å². The van der Waals surface area contributed by atoms with E-state index in [2.05, 4.69) is 4.99 Å². The van der Waals surface area contributed by atoms with Gasteiger partial charge < -0.3 is 4.74 Å². The van der Waals surface area contributed by atoms with Crippen LogP contribution < -0.4 is 0 Å². The van der Waals surface area contributed by atoms with E-state index >= 15 is 0 Å². The zero-order valence-corrected chi connectivity index (χ0v) is 7.56. The Bertz CT molecular complexity index is 416. The number of hydrogen-bond acceptors (Lipinski definition) is 4. The molecule has 0 radical (unpaired) electrons. The Kier molecular flexibility index (Phi) is 1.92. The second-order valence-corrected chi connectivity index (χ2v) is 2.89. The summed E-state index contributed by atoms with van der Waals surface area (Å²) in [6.45, 7) is 0. The number of methoxy groups -OCH3 is 1. The predicted octanol–water partition coefficient (Wildman–Crippen LogP) is 1.42. The van der Waals surface area contributed by atoms with Crippen LogP contribution in [-0.4, -0.2) is 17.7 Å². The summed E-state index contributed by atoms with van der Waals surface area (Å²) in [5.41, 5.74) is 1.30. The molecule has 1 aliphatic carbocycles. The third-order valence-electron chi connectivity index (χ3n) is 2.17. The van der Waals surface area contributed by atoms with Gasteiger partial charge in [-0.2, -0.15) is 0 Å². The zero-order chi connectivity index (χ0) is 10.1. The van der Waals surface area contributed by atoms with E-state index in [1.165, 1.54) is 7.11 Å². The fraction of sp³-hybridized carbons (Fsp3) is 0.222. The quantitative estimate of drug-likeness (QED) is 0.491. The van der Waals surface area contributed by atoms with E-state index in [0.29, 0.717) is 17.0 Å². The minimum Gasteiger partial charge on any atom is -0.495 e. The van der Waals surface area contributed by atoms with Gasteiger partial charge in [-0.1, -0.05) is 0 Å². The summed E-state index contributed by atoms with van der Waals surface area (Å²) in [6.07, 6.45) is 5.15. The zero-order valence-electron chi connectivity index (χ0n) is 7.56. The minimum absolute atomic E-state index is 0.179. The van der Waals surface area contributed by atoms with Crippen LogP contribution in [0.25, 0.3) is 0 Å². The Morgan fingerprint density at radius 1 is 1.64 bits per heavy atom. The molecule has 0 aromatic carbocycles. The largest absolute Gasteiger partial charge is 0.495 e. The van der Waals surface area contributed by atoms with E-state index in [0.717, 1.165) is 0 Å². The fourth-order valence-corrected chi connectivity index (χ4v) is 1.51. The lowest BCUT2D eigenvalue weighted by atomic mass is 10.00. The highest BCUT2D eigenvalue weighted by Crippen LogP contribution is 2.27. The van der Waals surface area contributed by atoms with Crippen molar-refractivity contribution >= 4 is 5.71 Å². The molecule has 0 fully saturated rings. The highest BCUT2D eigenvalue weighted by molar-refractivity contribution is 6.15. The summed E-state index contributed by atoms with van der Waals surface area (Å²) in [7, 11) is 1.53. The van der Waals surface area contributed by atoms with Crippen molar-refractivity contribution in [1.29, 1.82) is 0 Å². The van der Waals surface area contributed by atoms with E-state index in [-0.39, 0.29) is 17.0 Å². The second kappa shape index (κ2) is 3.10. The number of fused-ring (bicyclic) bond motifs is 1. The third-order valence-corrected chi connectivity index (χ3v) is 2.17. The second-order valence-electron chi connectivity index (χ2n) is 2.89. The molecule has 5 nitrogen and oxygen atoms in total. The maximum Gasteiger partial charge on any atom is 0.259 e. The SMILES string of the molecule is COC1=CCC([N+](=O)[O-])=C2C=CN=C12. The normalized spacial score (nSPS) is 18.9. The number of hydrogen-bond donors (Lipinski definition) is 0. The monoisotopic (exact) mass is 192 g/mol. The molecule has 0 bridgehead atoms. The van der Waals surface area contributed by atoms with Crippen LogP contribution in [-0.2, 0) is 4.74 Å². The summed E-state index contributed by atoms with van der Waals surface area (Å²) in [5, 5.41) is 10.7. The molecule has 5 heteroatoms. The van der Waals surface area contributed by atoms with Crippen molar-refractivity contribution in [2.45, 2.75) is 6.42 Å². The van der Waals surface area contributed by atoms with Gasteiger partial charge in [0, 0.05) is 6.20 Å². The molecule has 0 unspecified atom stereocenters. The van der Waals surface area contributed by atoms with E-state index in [1.54, 1.807) is 18.4 Å². The van der Waals surface area contributed by atoms with Gasteiger partial charge in [0.15, 0.2) is 0 Å². The molecule has 2 rings (SSSR count). The van der Waals surface area contributed by atoms with Crippen LogP contribution in [0.5, 0.6) is 0 Å². The lowest BCUT2D eigenvalue weighted by Gasteiger charge is -2.12. The van der Waals surface area contributed by atoms with Gasteiger partial charge >= 0.3 is 0 Å². The smallest absolute Gasteiger partial charge is 0.259 e. The van der Waals surface area contributed by atoms with Crippen LogP contribution in [0, 0.1) is 10.1 Å². The molecule has 0 amide bonds. The topological polar surface area (TPSA) is 64.7 Å². The number of rotatable bonds is 2. The summed E-state index contributed by atoms with van der Waals surface area (Å²) >= 11 is 0. The first-order valence-corrected chi connectivity index (χ1v) is 4.11. The average Bonchev–Trinajstić information content (AvgIpc) is 2.64. The Morgan fingerprint density at radius 3 is 3.07 bits per heavy atom. The summed E-state index contributed by atoms with van der Waals surface area (Å²) in [4.78, 5) is 14.3. The molecule has 0 saturated carbocycles. The van der Waals surface area contributed by atoms with Crippen LogP contribution >= 0.6 is 0 Å². The molecule has 1 heterocycles. The molecular weight excluding hydrogens is 184 g/mol. The third kappa shape index (κ3) is 1.14. The molecule has 2 aliphatic rings. The number of ether oxygens (including phenoxy) is 1. The molecule has 0 aromatic rings. The van der Waals surface area contributed by atoms with Gasteiger partial charge in [0.2, 0.25) is 0 Å². The highest BCUT2D eigenvalue weighted by Gasteiger charge is 2.29. The Labute approximate surface area is 80.2 Å². The molecule has 14 heavy (non-hydrogen) atoms. The van der Waals surface area contributed by atoms with Gasteiger partial charge in [-0.3, -0.25) is 15.1 Å². The van der Waals surface area contributed by atoms with Gasteiger partial charge in [-0.25, -0.2) is 0 Å². The highest BCUT2D eigenvalue weighted by atomic mass is 16.6. The van der Waals surface area contributed by atoms with Gasteiger partial charge in [0.25, 0.3) is 5.70 Å². The molecule has 0 N–H and O–H groups in total. The van der Waals surface area contributed by atoms with Crippen molar-refractivity contribution in [2.24, 2.45) is 4.99 Å². The number of nitrogens with zero attached hydrogens (tertiary/aromatic N) is 2. The van der Waals surface area contributed by atoms with Crippen molar-refractivity contribution < 1.29 is 9.66 Å². The number of nitro groups is 1. The average molecular weight is 192 g/mol. The van der Waals surface area contributed by atoms with Crippen LogP contribution in [0.3, 0.4) is 0 Å². The Balaban J connectivity index is 2.46. The van der Waals surface area contributed by atoms with Crippen molar-refractivity contribution in [2.75, 3.05) is 7.11 Å². The first kappa shape index (κ1) is 8.68. The summed E-state index contributed by atoms with van der Waals surface area (Å²) in [6, 6.07) is 0. The number of aliphatic imine (C=N–C) groups is 1. The summed E-state index contributed by atoms with van der Waals surface area (Å²) in [5.74, 6) is 0.607. The fourth-order valence-electron chi connectivity index (χ4n) is 1.51. The Morgan fingerprint density at radius 2 is 2.43 bits per heavy atom. The molecule has 0 saturated heterocycles. The van der Waals surface area contributed by atoms with E-state index in [9.17, 15) is 10.1 Å². The minimum atomic E-state index is -0.372. The first-order valence-electron chi connectivity index (χ1n) is 4.11. The van der Waals surface area contributed by atoms with Gasteiger partial charge in [-0.05, 0) is 12.2 Å². The first-order chi connectivity index (χ1) is 6.74. The standard InChI is InChI=1S/C9H8N2O3/c1-14-8-3-2-7(11(12)13)6-4-5-10-9(6)8/h3-5H,2H2,1H3. The lowest BCUT2D eigenvalue weighted by Crippen LogP contribution is -2.15. The van der Waals surface area contributed by atoms with Gasteiger partial charge in [0.1, 0.15) is 11.5 Å². The van der Waals surface area contributed by atoms with E-state index in [1.807, 2.05) is 0 Å². The van der Waals surface area contributed by atoms with Crippen molar-refractivity contribution in [3.8, 4) is 0 Å².